The molecule has 0 spiro atoms. The Morgan fingerprint density at radius 3 is 2.70 bits per heavy atom. The van der Waals surface area contributed by atoms with Crippen molar-refractivity contribution in [2.75, 3.05) is 13.7 Å². The fraction of sp³-hybridized carbons (Fsp3) is 0.417. The summed E-state index contributed by atoms with van der Waals surface area (Å²) in [6.45, 7) is 1.95. The van der Waals surface area contributed by atoms with Gasteiger partial charge in [0.05, 0.1) is 17.7 Å². The first kappa shape index (κ1) is 16.9. The van der Waals surface area contributed by atoms with Crippen LogP contribution in [0.25, 0.3) is 0 Å². The molecule has 8 heteroatoms. The highest BCUT2D eigenvalue weighted by Gasteiger charge is 2.20. The van der Waals surface area contributed by atoms with Gasteiger partial charge in [-0.3, -0.25) is 0 Å². The maximum Gasteiger partial charge on any atom is 0.337 e. The molecule has 0 amide bonds. The number of nitrogens with one attached hydrogen (secondary N) is 1. The molecule has 1 rings (SSSR count). The molecule has 0 saturated carbocycles. The second-order valence-electron chi connectivity index (χ2n) is 4.16. The topological polar surface area (TPSA) is 98.5 Å². The van der Waals surface area contributed by atoms with Crippen molar-refractivity contribution in [1.82, 2.24) is 4.72 Å². The van der Waals surface area contributed by atoms with E-state index in [1.165, 1.54) is 25.3 Å². The quantitative estimate of drug-likeness (QED) is 0.766. The first-order valence-electron chi connectivity index (χ1n) is 5.95. The third-order valence-corrected chi connectivity index (χ3v) is 4.61. The summed E-state index contributed by atoms with van der Waals surface area (Å²) in [5, 5.41) is 0.0234. The minimum atomic E-state index is -3.83. The SMILES string of the molecule is CCC(N)CNS(=O)(=O)c1cc(C(=O)OC)ccc1Cl. The van der Waals surface area contributed by atoms with E-state index in [0.29, 0.717) is 6.42 Å². The Bertz CT molecular complexity index is 589. The zero-order valence-corrected chi connectivity index (χ0v) is 12.8. The van der Waals surface area contributed by atoms with Gasteiger partial charge in [-0.1, -0.05) is 18.5 Å². The summed E-state index contributed by atoms with van der Waals surface area (Å²) in [5.74, 6) is -0.636. The molecule has 0 radical (unpaired) electrons. The zero-order chi connectivity index (χ0) is 15.3. The van der Waals surface area contributed by atoms with Crippen LogP contribution in [0.4, 0.5) is 0 Å². The molecule has 1 aromatic rings. The highest BCUT2D eigenvalue weighted by molar-refractivity contribution is 7.89. The monoisotopic (exact) mass is 320 g/mol. The molecule has 0 heterocycles. The van der Waals surface area contributed by atoms with Gasteiger partial charge < -0.3 is 10.5 Å². The second-order valence-corrected chi connectivity index (χ2v) is 6.30. The highest BCUT2D eigenvalue weighted by atomic mass is 35.5. The summed E-state index contributed by atoms with van der Waals surface area (Å²) in [4.78, 5) is 11.2. The van der Waals surface area contributed by atoms with Crippen molar-refractivity contribution in [2.45, 2.75) is 24.3 Å². The van der Waals surface area contributed by atoms with Crippen LogP contribution in [0.2, 0.25) is 5.02 Å². The molecule has 0 aliphatic carbocycles. The largest absolute Gasteiger partial charge is 0.465 e. The van der Waals surface area contributed by atoms with E-state index < -0.39 is 16.0 Å². The lowest BCUT2D eigenvalue weighted by Gasteiger charge is -2.12. The van der Waals surface area contributed by atoms with Gasteiger partial charge in [0.1, 0.15) is 4.90 Å². The molecule has 0 aliphatic heterocycles. The number of carbonyl (C=O) groups is 1. The molecule has 0 aromatic heterocycles. The van der Waals surface area contributed by atoms with Gasteiger partial charge in [0, 0.05) is 12.6 Å². The van der Waals surface area contributed by atoms with Crippen molar-refractivity contribution in [1.29, 1.82) is 0 Å². The minimum Gasteiger partial charge on any atom is -0.465 e. The lowest BCUT2D eigenvalue weighted by Crippen LogP contribution is -2.36. The Hall–Kier alpha value is -1.15. The number of methoxy groups -OCH3 is 1. The van der Waals surface area contributed by atoms with E-state index in [1.54, 1.807) is 0 Å². The Morgan fingerprint density at radius 1 is 1.50 bits per heavy atom. The van der Waals surface area contributed by atoms with E-state index in [2.05, 4.69) is 9.46 Å². The van der Waals surface area contributed by atoms with Gasteiger partial charge in [0.15, 0.2) is 0 Å². The smallest absolute Gasteiger partial charge is 0.337 e. The number of ether oxygens (including phenoxy) is 1. The van der Waals surface area contributed by atoms with E-state index in [0.717, 1.165) is 0 Å². The second kappa shape index (κ2) is 7.03. The normalized spacial score (nSPS) is 13.0. The van der Waals surface area contributed by atoms with Gasteiger partial charge in [-0.15, -0.1) is 0 Å². The lowest BCUT2D eigenvalue weighted by molar-refractivity contribution is 0.0600. The van der Waals surface area contributed by atoms with Gasteiger partial charge in [0.25, 0.3) is 0 Å². The van der Waals surface area contributed by atoms with Crippen molar-refractivity contribution >= 4 is 27.6 Å². The molecule has 0 bridgehead atoms. The molecule has 0 aliphatic rings. The summed E-state index contributed by atoms with van der Waals surface area (Å²) in [7, 11) is -2.62. The van der Waals surface area contributed by atoms with Crippen molar-refractivity contribution in [3.05, 3.63) is 28.8 Å². The average molecular weight is 321 g/mol. The van der Waals surface area contributed by atoms with Crippen LogP contribution in [0.15, 0.2) is 23.1 Å². The molecule has 20 heavy (non-hydrogen) atoms. The Kier molecular flexibility index (Phi) is 5.94. The average Bonchev–Trinajstić information content (AvgIpc) is 2.44. The van der Waals surface area contributed by atoms with Crippen LogP contribution in [0, 0.1) is 0 Å². The fourth-order valence-electron chi connectivity index (χ4n) is 1.39. The molecule has 1 atom stereocenters. The van der Waals surface area contributed by atoms with Crippen LogP contribution in [-0.2, 0) is 14.8 Å². The predicted octanol–water partition coefficient (Wildman–Crippen LogP) is 1.14. The molecule has 0 saturated heterocycles. The first-order valence-corrected chi connectivity index (χ1v) is 7.81. The number of rotatable bonds is 6. The maximum absolute atomic E-state index is 12.1. The van der Waals surface area contributed by atoms with Gasteiger partial charge in [-0.25, -0.2) is 17.9 Å². The van der Waals surface area contributed by atoms with Crippen molar-refractivity contribution in [3.8, 4) is 0 Å². The lowest BCUT2D eigenvalue weighted by atomic mass is 10.2. The van der Waals surface area contributed by atoms with Crippen molar-refractivity contribution < 1.29 is 17.9 Å². The Balaban J connectivity index is 3.07. The number of nitrogens with two attached hydrogens (primary N) is 1. The van der Waals surface area contributed by atoms with Crippen LogP contribution in [0.3, 0.4) is 0 Å². The third-order valence-electron chi connectivity index (χ3n) is 2.70. The maximum atomic E-state index is 12.1. The van der Waals surface area contributed by atoms with Crippen molar-refractivity contribution in [2.24, 2.45) is 5.73 Å². The molecule has 3 N–H and O–H groups in total. The summed E-state index contributed by atoms with van der Waals surface area (Å²) < 4.78 is 31.2. The molecule has 1 unspecified atom stereocenters. The standard InChI is InChI=1S/C12H17ClN2O4S/c1-3-9(14)7-15-20(17,18)11-6-8(12(16)19-2)4-5-10(11)13/h4-6,9,15H,3,7,14H2,1-2H3. The molecule has 0 fully saturated rings. The van der Waals surface area contributed by atoms with E-state index >= 15 is 0 Å². The van der Waals surface area contributed by atoms with Gasteiger partial charge in [-0.05, 0) is 24.6 Å². The van der Waals surface area contributed by atoms with E-state index in [1.807, 2.05) is 6.92 Å². The minimum absolute atomic E-state index is 0.0234. The van der Waals surface area contributed by atoms with Gasteiger partial charge >= 0.3 is 5.97 Å². The zero-order valence-electron chi connectivity index (χ0n) is 11.2. The number of halogens is 1. The first-order chi connectivity index (χ1) is 9.31. The number of carbonyl (C=O) groups excluding carboxylic acids is 1. The van der Waals surface area contributed by atoms with E-state index in [9.17, 15) is 13.2 Å². The Morgan fingerprint density at radius 2 is 2.15 bits per heavy atom. The van der Waals surface area contributed by atoms with Gasteiger partial charge in [0.2, 0.25) is 10.0 Å². The van der Waals surface area contributed by atoms with Gasteiger partial charge in [-0.2, -0.15) is 0 Å². The number of hydrogen-bond acceptors (Lipinski definition) is 5. The third kappa shape index (κ3) is 4.17. The number of sulfonamides is 1. The van der Waals surface area contributed by atoms with Crippen LogP contribution in [0.5, 0.6) is 0 Å². The molecule has 1 aromatic carbocycles. The van der Waals surface area contributed by atoms with Crippen molar-refractivity contribution in [3.63, 3.8) is 0 Å². The molecule has 6 nitrogen and oxygen atoms in total. The summed E-state index contributed by atoms with van der Waals surface area (Å²) in [5.41, 5.74) is 5.77. The predicted molar refractivity (Wildman–Crippen MR) is 76.2 cm³/mol. The summed E-state index contributed by atoms with van der Waals surface area (Å²) in [6.07, 6.45) is 0.637. The van der Waals surface area contributed by atoms with Crippen LogP contribution in [-0.4, -0.2) is 34.1 Å². The summed E-state index contributed by atoms with van der Waals surface area (Å²) >= 11 is 5.88. The summed E-state index contributed by atoms with van der Waals surface area (Å²) in [6, 6.07) is 3.62. The highest BCUT2D eigenvalue weighted by Crippen LogP contribution is 2.23. The van der Waals surface area contributed by atoms with E-state index in [4.69, 9.17) is 17.3 Å². The molecular formula is C12H17ClN2O4S. The van der Waals surface area contributed by atoms with E-state index in [-0.39, 0.29) is 28.1 Å². The molecular weight excluding hydrogens is 304 g/mol. The van der Waals surface area contributed by atoms with Crippen LogP contribution in [0.1, 0.15) is 23.7 Å². The van der Waals surface area contributed by atoms with Crippen LogP contribution < -0.4 is 10.5 Å². The number of benzene rings is 1. The molecule has 112 valence electrons. The number of hydrogen-bond donors (Lipinski definition) is 2. The Labute approximate surface area is 123 Å². The van der Waals surface area contributed by atoms with Crippen LogP contribution >= 0.6 is 11.6 Å². The fourth-order valence-corrected chi connectivity index (χ4v) is 3.01. The number of esters is 1.